The second-order valence-electron chi connectivity index (χ2n) is 11.2. The van der Waals surface area contributed by atoms with Gasteiger partial charge in [-0.25, -0.2) is 12.8 Å². The summed E-state index contributed by atoms with van der Waals surface area (Å²) in [7, 11) is -4.30. The largest absolute Gasteiger partial charge is 0.494 e. The third-order valence-electron chi connectivity index (χ3n) is 7.93. The number of hydrogen-bond acceptors (Lipinski definition) is 5. The van der Waals surface area contributed by atoms with Crippen LogP contribution in [-0.2, 0) is 26.2 Å². The lowest BCUT2D eigenvalue weighted by atomic mass is 9.95. The Morgan fingerprint density at radius 2 is 1.57 bits per heavy atom. The van der Waals surface area contributed by atoms with Crippen molar-refractivity contribution in [3.8, 4) is 5.75 Å². The number of benzene rings is 3. The van der Waals surface area contributed by atoms with Crippen molar-refractivity contribution in [3.63, 3.8) is 0 Å². The molecule has 0 radical (unpaired) electrons. The molecule has 0 spiro atoms. The fourth-order valence-corrected chi connectivity index (χ4v) is 6.91. The van der Waals surface area contributed by atoms with Crippen molar-refractivity contribution in [2.45, 2.75) is 82.8 Å². The Morgan fingerprint density at radius 1 is 0.932 bits per heavy atom. The van der Waals surface area contributed by atoms with Crippen molar-refractivity contribution in [3.05, 3.63) is 89.7 Å². The molecule has 1 aliphatic carbocycles. The summed E-state index contributed by atoms with van der Waals surface area (Å²) in [6.07, 6.45) is 5.39. The normalized spacial score (nSPS) is 14.5. The number of aryl methyl sites for hydroxylation is 1. The van der Waals surface area contributed by atoms with E-state index in [1.165, 1.54) is 17.0 Å². The van der Waals surface area contributed by atoms with Gasteiger partial charge in [0, 0.05) is 12.6 Å². The van der Waals surface area contributed by atoms with E-state index in [9.17, 15) is 22.4 Å². The number of halogens is 1. The van der Waals surface area contributed by atoms with E-state index < -0.39 is 34.3 Å². The quantitative estimate of drug-likeness (QED) is 0.253. The summed E-state index contributed by atoms with van der Waals surface area (Å²) < 4.78 is 48.2. The van der Waals surface area contributed by atoms with Crippen molar-refractivity contribution in [1.82, 2.24) is 10.2 Å². The summed E-state index contributed by atoms with van der Waals surface area (Å²) in [5.74, 6) is -0.801. The Hall–Kier alpha value is -3.92. The third kappa shape index (κ3) is 8.37. The zero-order chi connectivity index (χ0) is 31.7. The van der Waals surface area contributed by atoms with Gasteiger partial charge in [0.1, 0.15) is 24.2 Å². The van der Waals surface area contributed by atoms with Gasteiger partial charge < -0.3 is 15.0 Å². The Kier molecular flexibility index (Phi) is 11.4. The van der Waals surface area contributed by atoms with Crippen LogP contribution in [0.2, 0.25) is 0 Å². The first kappa shape index (κ1) is 33.0. The maximum atomic E-state index is 14.3. The molecule has 0 unspecified atom stereocenters. The fourth-order valence-electron chi connectivity index (χ4n) is 5.49. The second-order valence-corrected chi connectivity index (χ2v) is 13.0. The Labute approximate surface area is 260 Å². The molecule has 2 amide bonds. The van der Waals surface area contributed by atoms with Crippen LogP contribution in [0.5, 0.6) is 5.75 Å². The summed E-state index contributed by atoms with van der Waals surface area (Å²) in [5.41, 5.74) is 2.11. The molecule has 1 N–H and O–H groups in total. The van der Waals surface area contributed by atoms with Gasteiger partial charge in [-0.3, -0.25) is 13.9 Å². The molecule has 0 saturated heterocycles. The lowest BCUT2D eigenvalue weighted by Gasteiger charge is -2.34. The van der Waals surface area contributed by atoms with Crippen LogP contribution in [0.3, 0.4) is 0 Å². The Morgan fingerprint density at radius 3 is 2.16 bits per heavy atom. The number of ether oxygens (including phenoxy) is 1. The monoisotopic (exact) mass is 623 g/mol. The van der Waals surface area contributed by atoms with E-state index in [4.69, 9.17) is 4.74 Å². The minimum atomic E-state index is -4.30. The average Bonchev–Trinajstić information content (AvgIpc) is 3.02. The number of nitrogens with one attached hydrogen (secondary N) is 1. The molecule has 1 fully saturated rings. The highest BCUT2D eigenvalue weighted by Gasteiger charge is 2.34. The molecule has 0 heterocycles. The summed E-state index contributed by atoms with van der Waals surface area (Å²) in [4.78, 5) is 29.2. The van der Waals surface area contributed by atoms with Gasteiger partial charge >= 0.3 is 0 Å². The number of carbonyl (C=O) groups excluding carboxylic acids is 2. The van der Waals surface area contributed by atoms with Crippen LogP contribution in [0.4, 0.5) is 10.1 Å². The van der Waals surface area contributed by atoms with E-state index in [0.29, 0.717) is 18.8 Å². The van der Waals surface area contributed by atoms with Gasteiger partial charge in [0.2, 0.25) is 11.8 Å². The number of sulfonamides is 1. The standard InChI is InChI=1S/C34H42FN3O5S/c1-4-32(34(40)36-28-9-7-6-8-10-28)37(23-26-13-11-25(3)12-14-26)33(39)24-38(29-17-19-30(20-18-29)43-5-2)44(41,42)31-21-15-27(35)16-22-31/h11-22,28,32H,4-10,23-24H2,1-3H3,(H,36,40)/t32-/m0/s1. The van der Waals surface area contributed by atoms with Crippen LogP contribution in [-0.4, -0.2) is 50.4 Å². The van der Waals surface area contributed by atoms with Crippen LogP contribution in [0, 0.1) is 12.7 Å². The highest BCUT2D eigenvalue weighted by molar-refractivity contribution is 7.92. The smallest absolute Gasteiger partial charge is 0.264 e. The molecule has 1 saturated carbocycles. The summed E-state index contributed by atoms with van der Waals surface area (Å²) in [5, 5.41) is 3.15. The molecular weight excluding hydrogens is 581 g/mol. The lowest BCUT2D eigenvalue weighted by molar-refractivity contribution is -0.140. The Balaban J connectivity index is 1.70. The van der Waals surface area contributed by atoms with Gasteiger partial charge in [0.05, 0.1) is 17.2 Å². The number of carbonyl (C=O) groups is 2. The number of amides is 2. The van der Waals surface area contributed by atoms with Crippen molar-refractivity contribution in [2.24, 2.45) is 0 Å². The molecule has 44 heavy (non-hydrogen) atoms. The topological polar surface area (TPSA) is 96.0 Å². The molecule has 4 rings (SSSR count). The van der Waals surface area contributed by atoms with Gasteiger partial charge in [-0.2, -0.15) is 0 Å². The molecule has 0 aliphatic heterocycles. The number of anilines is 1. The lowest BCUT2D eigenvalue weighted by Crippen LogP contribution is -2.54. The van der Waals surface area contributed by atoms with E-state index in [2.05, 4.69) is 5.32 Å². The molecular formula is C34H42FN3O5S. The minimum Gasteiger partial charge on any atom is -0.494 e. The summed E-state index contributed by atoms with van der Waals surface area (Å²) >= 11 is 0. The van der Waals surface area contributed by atoms with Gasteiger partial charge in [-0.1, -0.05) is 56.0 Å². The molecule has 1 atom stereocenters. The van der Waals surface area contributed by atoms with E-state index >= 15 is 0 Å². The zero-order valence-corrected chi connectivity index (χ0v) is 26.5. The molecule has 0 aromatic heterocycles. The zero-order valence-electron chi connectivity index (χ0n) is 25.7. The number of rotatable bonds is 13. The summed E-state index contributed by atoms with van der Waals surface area (Å²) in [6, 6.07) is 17.8. The first-order valence-electron chi connectivity index (χ1n) is 15.3. The van der Waals surface area contributed by atoms with Crippen LogP contribution in [0.15, 0.2) is 77.7 Å². The number of nitrogens with zero attached hydrogens (tertiary/aromatic N) is 2. The highest BCUT2D eigenvalue weighted by Crippen LogP contribution is 2.27. The fraction of sp³-hybridized carbons (Fsp3) is 0.412. The van der Waals surface area contributed by atoms with Crippen molar-refractivity contribution < 1.29 is 27.1 Å². The molecule has 0 bridgehead atoms. The second kappa shape index (κ2) is 15.2. The molecule has 236 valence electrons. The van der Waals surface area contributed by atoms with Gasteiger partial charge in [-0.15, -0.1) is 0 Å². The predicted octanol–water partition coefficient (Wildman–Crippen LogP) is 5.98. The van der Waals surface area contributed by atoms with Crippen molar-refractivity contribution in [2.75, 3.05) is 17.5 Å². The first-order chi connectivity index (χ1) is 21.1. The number of hydrogen-bond donors (Lipinski definition) is 1. The van der Waals surface area contributed by atoms with Gasteiger partial charge in [-0.05, 0) is 87.2 Å². The molecule has 1 aliphatic rings. The Bertz CT molecular complexity index is 1490. The van der Waals surface area contributed by atoms with Crippen LogP contribution >= 0.6 is 0 Å². The van der Waals surface area contributed by atoms with Crippen LogP contribution < -0.4 is 14.4 Å². The van der Waals surface area contributed by atoms with Crippen LogP contribution in [0.25, 0.3) is 0 Å². The molecule has 10 heteroatoms. The maximum absolute atomic E-state index is 14.3. The van der Waals surface area contributed by atoms with E-state index in [1.54, 1.807) is 24.3 Å². The average molecular weight is 624 g/mol. The molecule has 3 aromatic rings. The van der Waals surface area contributed by atoms with E-state index in [0.717, 1.165) is 59.7 Å². The first-order valence-corrected chi connectivity index (χ1v) is 16.7. The van der Waals surface area contributed by atoms with Crippen LogP contribution in [0.1, 0.15) is 63.5 Å². The third-order valence-corrected chi connectivity index (χ3v) is 9.72. The van der Waals surface area contributed by atoms with Gasteiger partial charge in [0.15, 0.2) is 0 Å². The minimum absolute atomic E-state index is 0.0563. The van der Waals surface area contributed by atoms with Crippen molar-refractivity contribution in [1.29, 1.82) is 0 Å². The van der Waals surface area contributed by atoms with E-state index in [1.807, 2.05) is 45.0 Å². The maximum Gasteiger partial charge on any atom is 0.264 e. The molecule has 8 nitrogen and oxygen atoms in total. The highest BCUT2D eigenvalue weighted by atomic mass is 32.2. The van der Waals surface area contributed by atoms with Crippen molar-refractivity contribution >= 4 is 27.5 Å². The van der Waals surface area contributed by atoms with Gasteiger partial charge in [0.25, 0.3) is 10.0 Å². The molecule has 3 aromatic carbocycles. The predicted molar refractivity (Wildman–Crippen MR) is 169 cm³/mol. The summed E-state index contributed by atoms with van der Waals surface area (Å²) in [6.45, 7) is 5.66. The SMILES string of the molecule is CCOc1ccc(N(CC(=O)N(Cc2ccc(C)cc2)[C@@H](CC)C(=O)NC2CCCCC2)S(=O)(=O)c2ccc(F)cc2)cc1. The van der Waals surface area contributed by atoms with E-state index in [-0.39, 0.29) is 29.1 Å².